The molecular formula is C17H24N4O2S2. The lowest BCUT2D eigenvalue weighted by Crippen LogP contribution is -2.49. The molecule has 3 heterocycles. The molecule has 2 fully saturated rings. The molecule has 3 aliphatic rings. The number of rotatable bonds is 3. The van der Waals surface area contributed by atoms with E-state index in [9.17, 15) is 4.79 Å². The van der Waals surface area contributed by atoms with Crippen LogP contribution in [0.3, 0.4) is 0 Å². The van der Waals surface area contributed by atoms with Crippen molar-refractivity contribution in [3.63, 3.8) is 0 Å². The van der Waals surface area contributed by atoms with Crippen LogP contribution in [0.25, 0.3) is 0 Å². The Morgan fingerprint density at radius 3 is 3.00 bits per heavy atom. The van der Waals surface area contributed by atoms with Crippen molar-refractivity contribution in [1.82, 2.24) is 4.98 Å². The van der Waals surface area contributed by atoms with Gasteiger partial charge in [0.05, 0.1) is 12.7 Å². The molecule has 6 nitrogen and oxygen atoms in total. The number of thioether (sulfide) groups is 1. The number of hydrogen-bond donors (Lipinski definition) is 2. The number of thiazole rings is 1. The molecule has 1 saturated heterocycles. The summed E-state index contributed by atoms with van der Waals surface area (Å²) in [5.41, 5.74) is 5.29. The number of amidine groups is 1. The standard InChI is InChI=1S/C17H24N4O2S2/c1-10-6-11-7-25-15(18)21-17(11,9-23-10)14-20-12(8-24-14)19-13(22)16(2)4-3-5-16/h8,10-11H,3-7,9H2,1-2H3,(H2,18,21)(H,19,22). The largest absolute Gasteiger partial charge is 0.379 e. The average molecular weight is 381 g/mol. The first-order valence-corrected chi connectivity index (χ1v) is 10.6. The van der Waals surface area contributed by atoms with Crippen LogP contribution in [-0.4, -0.2) is 34.5 Å². The topological polar surface area (TPSA) is 89.6 Å². The lowest BCUT2D eigenvalue weighted by Gasteiger charge is -2.44. The fourth-order valence-corrected chi connectivity index (χ4v) is 5.78. The molecule has 136 valence electrons. The maximum Gasteiger partial charge on any atom is 0.231 e. The molecule has 25 heavy (non-hydrogen) atoms. The third-order valence-electron chi connectivity index (χ3n) is 5.74. The van der Waals surface area contributed by atoms with E-state index >= 15 is 0 Å². The Morgan fingerprint density at radius 2 is 2.28 bits per heavy atom. The first-order chi connectivity index (χ1) is 11.9. The molecule has 1 aliphatic carbocycles. The zero-order valence-corrected chi connectivity index (χ0v) is 16.2. The van der Waals surface area contributed by atoms with Gasteiger partial charge < -0.3 is 15.8 Å². The molecule has 0 bridgehead atoms. The van der Waals surface area contributed by atoms with E-state index in [0.29, 0.717) is 23.5 Å². The molecule has 1 saturated carbocycles. The highest BCUT2D eigenvalue weighted by molar-refractivity contribution is 8.13. The van der Waals surface area contributed by atoms with Crippen LogP contribution in [-0.2, 0) is 15.1 Å². The summed E-state index contributed by atoms with van der Waals surface area (Å²) < 4.78 is 5.93. The van der Waals surface area contributed by atoms with E-state index in [2.05, 4.69) is 12.2 Å². The number of anilines is 1. The van der Waals surface area contributed by atoms with E-state index in [1.165, 1.54) is 11.3 Å². The van der Waals surface area contributed by atoms with E-state index in [1.807, 2.05) is 12.3 Å². The second-order valence-corrected chi connectivity index (χ2v) is 9.54. The molecule has 1 aromatic heterocycles. The summed E-state index contributed by atoms with van der Waals surface area (Å²) in [4.78, 5) is 21.9. The third-order valence-corrected chi connectivity index (χ3v) is 7.71. The minimum absolute atomic E-state index is 0.0698. The van der Waals surface area contributed by atoms with Crippen molar-refractivity contribution in [3.05, 3.63) is 10.4 Å². The van der Waals surface area contributed by atoms with Crippen LogP contribution in [0.1, 0.15) is 44.5 Å². The number of amides is 1. The summed E-state index contributed by atoms with van der Waals surface area (Å²) in [7, 11) is 0. The first-order valence-electron chi connectivity index (χ1n) is 8.78. The predicted molar refractivity (Wildman–Crippen MR) is 102 cm³/mol. The van der Waals surface area contributed by atoms with Crippen molar-refractivity contribution in [2.75, 3.05) is 17.7 Å². The second-order valence-electron chi connectivity index (χ2n) is 7.65. The van der Waals surface area contributed by atoms with Gasteiger partial charge in [-0.2, -0.15) is 0 Å². The molecule has 0 aromatic carbocycles. The summed E-state index contributed by atoms with van der Waals surface area (Å²) in [6.07, 6.45) is 4.20. The van der Waals surface area contributed by atoms with Crippen LogP contribution >= 0.6 is 23.1 Å². The molecule has 8 heteroatoms. The molecule has 0 spiro atoms. The Hall–Kier alpha value is -1.12. The number of nitrogens with two attached hydrogens (primary N) is 1. The number of nitrogens with one attached hydrogen (secondary N) is 1. The predicted octanol–water partition coefficient (Wildman–Crippen LogP) is 2.95. The molecule has 1 amide bonds. The normalized spacial score (nSPS) is 33.8. The van der Waals surface area contributed by atoms with Crippen LogP contribution in [0.4, 0.5) is 5.82 Å². The number of aromatic nitrogens is 1. The molecule has 0 radical (unpaired) electrons. The highest BCUT2D eigenvalue weighted by Gasteiger charge is 2.49. The molecular weight excluding hydrogens is 356 g/mol. The van der Waals surface area contributed by atoms with Gasteiger partial charge in [0.15, 0.2) is 5.17 Å². The molecule has 1 aromatic rings. The zero-order chi connectivity index (χ0) is 17.7. The van der Waals surface area contributed by atoms with Crippen molar-refractivity contribution in [2.24, 2.45) is 22.1 Å². The van der Waals surface area contributed by atoms with E-state index in [-0.39, 0.29) is 17.4 Å². The molecule has 3 N–H and O–H groups in total. The number of aliphatic imine (C=N–C) groups is 1. The van der Waals surface area contributed by atoms with Crippen LogP contribution in [0, 0.1) is 11.3 Å². The Bertz CT molecular complexity index is 715. The third kappa shape index (κ3) is 2.98. The Labute approximate surface area is 156 Å². The number of ether oxygens (including phenoxy) is 1. The van der Waals surface area contributed by atoms with E-state index in [1.54, 1.807) is 11.8 Å². The van der Waals surface area contributed by atoms with Gasteiger partial charge >= 0.3 is 0 Å². The zero-order valence-electron chi connectivity index (χ0n) is 14.6. The van der Waals surface area contributed by atoms with Gasteiger partial charge in [0, 0.05) is 22.5 Å². The summed E-state index contributed by atoms with van der Waals surface area (Å²) in [6, 6.07) is 0. The molecule has 4 rings (SSSR count). The van der Waals surface area contributed by atoms with E-state index < -0.39 is 5.54 Å². The molecule has 2 aliphatic heterocycles. The Kier molecular flexibility index (Phi) is 4.32. The lowest BCUT2D eigenvalue weighted by atomic mass is 9.70. The first kappa shape index (κ1) is 17.3. The summed E-state index contributed by atoms with van der Waals surface area (Å²) in [6.45, 7) is 4.62. The van der Waals surface area contributed by atoms with E-state index in [0.717, 1.165) is 36.4 Å². The van der Waals surface area contributed by atoms with Gasteiger partial charge in [-0.3, -0.25) is 4.79 Å². The van der Waals surface area contributed by atoms with E-state index in [4.69, 9.17) is 20.4 Å². The smallest absolute Gasteiger partial charge is 0.231 e. The quantitative estimate of drug-likeness (QED) is 0.841. The molecule has 3 unspecified atom stereocenters. The van der Waals surface area contributed by atoms with Gasteiger partial charge in [0.1, 0.15) is 16.4 Å². The van der Waals surface area contributed by atoms with Gasteiger partial charge in [-0.25, -0.2) is 9.98 Å². The number of carbonyl (C=O) groups excluding carboxylic acids is 1. The maximum atomic E-state index is 12.5. The van der Waals surface area contributed by atoms with Gasteiger partial charge in [0.25, 0.3) is 0 Å². The van der Waals surface area contributed by atoms with Crippen LogP contribution in [0.5, 0.6) is 0 Å². The summed E-state index contributed by atoms with van der Waals surface area (Å²) in [5, 5.41) is 6.39. The summed E-state index contributed by atoms with van der Waals surface area (Å²) >= 11 is 3.15. The van der Waals surface area contributed by atoms with Crippen LogP contribution in [0.2, 0.25) is 0 Å². The van der Waals surface area contributed by atoms with Gasteiger partial charge in [-0.05, 0) is 26.2 Å². The number of nitrogens with zero attached hydrogens (tertiary/aromatic N) is 2. The highest BCUT2D eigenvalue weighted by Crippen LogP contribution is 2.47. The van der Waals surface area contributed by atoms with Crippen LogP contribution < -0.4 is 11.1 Å². The Balaban J connectivity index is 1.59. The van der Waals surface area contributed by atoms with Crippen LogP contribution in [0.15, 0.2) is 10.4 Å². The second kappa shape index (κ2) is 6.25. The minimum Gasteiger partial charge on any atom is -0.379 e. The maximum absolute atomic E-state index is 12.5. The highest BCUT2D eigenvalue weighted by atomic mass is 32.2. The SMILES string of the molecule is CC1CC2CSC(N)=NC2(c2nc(NC(=O)C3(C)CCC3)cs2)CO1. The van der Waals surface area contributed by atoms with Crippen molar-refractivity contribution in [2.45, 2.75) is 51.2 Å². The number of carbonyl (C=O) groups is 1. The number of fused-ring (bicyclic) bond motifs is 1. The van der Waals surface area contributed by atoms with Gasteiger partial charge in [0.2, 0.25) is 5.91 Å². The fraction of sp³-hybridized carbons (Fsp3) is 0.706. The lowest BCUT2D eigenvalue weighted by molar-refractivity contribution is -0.128. The van der Waals surface area contributed by atoms with Crippen molar-refractivity contribution in [1.29, 1.82) is 0 Å². The summed E-state index contributed by atoms with van der Waals surface area (Å²) in [5.74, 6) is 1.98. The molecule has 3 atom stereocenters. The Morgan fingerprint density at radius 1 is 1.48 bits per heavy atom. The number of hydrogen-bond acceptors (Lipinski definition) is 7. The van der Waals surface area contributed by atoms with Crippen molar-refractivity contribution < 1.29 is 9.53 Å². The van der Waals surface area contributed by atoms with Crippen molar-refractivity contribution >= 4 is 40.0 Å². The van der Waals surface area contributed by atoms with Crippen molar-refractivity contribution in [3.8, 4) is 0 Å². The van der Waals surface area contributed by atoms with Gasteiger partial charge in [-0.15, -0.1) is 11.3 Å². The minimum atomic E-state index is -0.504. The monoisotopic (exact) mass is 380 g/mol. The fourth-order valence-electron chi connectivity index (χ4n) is 3.81. The van der Waals surface area contributed by atoms with Gasteiger partial charge in [-0.1, -0.05) is 25.1 Å². The average Bonchev–Trinajstić information content (AvgIpc) is 3.02.